The minimum absolute atomic E-state index is 0.0944. The van der Waals surface area contributed by atoms with Crippen molar-refractivity contribution in [1.82, 2.24) is 24.9 Å². The number of aldehydes is 1. The van der Waals surface area contributed by atoms with Crippen LogP contribution < -0.4 is 20.3 Å². The van der Waals surface area contributed by atoms with Crippen LogP contribution in [0.2, 0.25) is 0 Å². The van der Waals surface area contributed by atoms with Gasteiger partial charge < -0.3 is 39.8 Å². The first-order valence-electron chi connectivity index (χ1n) is 15.8. The van der Waals surface area contributed by atoms with Gasteiger partial charge in [-0.25, -0.2) is 0 Å². The van der Waals surface area contributed by atoms with Gasteiger partial charge in [0.05, 0.1) is 31.5 Å². The fourth-order valence-corrected chi connectivity index (χ4v) is 5.75. The molecule has 1 amide bonds. The number of hydrogen-bond donors (Lipinski definition) is 2. The number of carboxylic acids is 3. The summed E-state index contributed by atoms with van der Waals surface area (Å²) in [4.78, 5) is 66.3. The van der Waals surface area contributed by atoms with Gasteiger partial charge in [0.25, 0.3) is 0 Å². The molecule has 2 aromatic rings. The molecule has 3 rings (SSSR count). The van der Waals surface area contributed by atoms with E-state index in [1.165, 1.54) is 0 Å². The molecule has 1 fully saturated rings. The maximum atomic E-state index is 13.0. The molecule has 2 atom stereocenters. The number of carboxylic acid groups (broad SMARTS) is 3. The Kier molecular flexibility index (Phi) is 15.0. The summed E-state index contributed by atoms with van der Waals surface area (Å²) in [6, 6.07) is 10.6. The van der Waals surface area contributed by atoms with Crippen LogP contribution in [0.4, 0.5) is 0 Å². The average molecular weight is 656 g/mol. The van der Waals surface area contributed by atoms with Crippen LogP contribution >= 0.6 is 0 Å². The lowest BCUT2D eigenvalue weighted by molar-refractivity contribution is -0.308. The van der Waals surface area contributed by atoms with E-state index in [0.717, 1.165) is 28.4 Å². The molecule has 0 saturated carbocycles. The SMILES string of the molecule is COc1ccc2cc([C@H](C)C(=O)NCCCC(C(=O)O)N3CCN(CC=O)CCN(CC(=O)[O-])CCN(CC(=O)[O-])CC3)ccc2c1. The van der Waals surface area contributed by atoms with Crippen molar-refractivity contribution in [3.63, 3.8) is 0 Å². The minimum atomic E-state index is -1.30. The van der Waals surface area contributed by atoms with Crippen molar-refractivity contribution in [3.05, 3.63) is 42.0 Å². The first-order chi connectivity index (χ1) is 22.5. The number of rotatable bonds is 15. The molecular formula is C33H45N5O9-2. The normalized spacial score (nSPS) is 17.6. The number of ether oxygens (including phenoxy) is 1. The molecule has 2 N–H and O–H groups in total. The van der Waals surface area contributed by atoms with Gasteiger partial charge in [-0.2, -0.15) is 0 Å². The third-order valence-corrected chi connectivity index (χ3v) is 8.55. The van der Waals surface area contributed by atoms with Crippen LogP contribution in [0.15, 0.2) is 36.4 Å². The van der Waals surface area contributed by atoms with Gasteiger partial charge in [0.15, 0.2) is 0 Å². The van der Waals surface area contributed by atoms with Crippen molar-refractivity contribution in [1.29, 1.82) is 0 Å². The molecule has 258 valence electrons. The number of nitrogens with one attached hydrogen (secondary N) is 1. The van der Waals surface area contributed by atoms with Crippen molar-refractivity contribution in [2.75, 3.05) is 85.6 Å². The second kappa shape index (κ2) is 18.9. The highest BCUT2D eigenvalue weighted by Gasteiger charge is 2.27. The van der Waals surface area contributed by atoms with Crippen LogP contribution in [0.3, 0.4) is 0 Å². The monoisotopic (exact) mass is 655 g/mol. The molecular weight excluding hydrogens is 610 g/mol. The lowest BCUT2D eigenvalue weighted by atomic mass is 9.97. The van der Waals surface area contributed by atoms with Crippen LogP contribution in [0.1, 0.15) is 31.2 Å². The quantitative estimate of drug-likeness (QED) is 0.162. The van der Waals surface area contributed by atoms with Crippen molar-refractivity contribution in [2.45, 2.75) is 31.7 Å². The Hall–Kier alpha value is -4.11. The molecule has 1 aliphatic rings. The molecule has 1 aliphatic heterocycles. The van der Waals surface area contributed by atoms with E-state index in [-0.39, 0.29) is 64.7 Å². The Labute approximate surface area is 274 Å². The maximum absolute atomic E-state index is 13.0. The zero-order valence-corrected chi connectivity index (χ0v) is 27.1. The van der Waals surface area contributed by atoms with Crippen molar-refractivity contribution >= 4 is 40.9 Å². The van der Waals surface area contributed by atoms with Crippen LogP contribution in [0.5, 0.6) is 5.75 Å². The van der Waals surface area contributed by atoms with Gasteiger partial charge in [0.2, 0.25) is 5.91 Å². The number of benzene rings is 2. The summed E-state index contributed by atoms with van der Waals surface area (Å²) in [6.45, 7) is 3.62. The molecule has 0 spiro atoms. The number of aliphatic carboxylic acids is 3. The highest BCUT2D eigenvalue weighted by molar-refractivity contribution is 5.88. The number of nitrogens with zero attached hydrogens (tertiary/aromatic N) is 4. The number of carbonyl (C=O) groups excluding carboxylic acids is 4. The molecule has 1 heterocycles. The average Bonchev–Trinajstić information content (AvgIpc) is 3.03. The summed E-state index contributed by atoms with van der Waals surface area (Å²) >= 11 is 0. The van der Waals surface area contributed by atoms with E-state index in [9.17, 15) is 39.3 Å². The fourth-order valence-electron chi connectivity index (χ4n) is 5.75. The largest absolute Gasteiger partial charge is 0.549 e. The van der Waals surface area contributed by atoms with Crippen molar-refractivity contribution in [3.8, 4) is 5.75 Å². The molecule has 47 heavy (non-hydrogen) atoms. The molecule has 14 nitrogen and oxygen atoms in total. The highest BCUT2D eigenvalue weighted by atomic mass is 16.5. The van der Waals surface area contributed by atoms with Gasteiger partial charge in [-0.05, 0) is 48.2 Å². The molecule has 2 aromatic carbocycles. The zero-order chi connectivity index (χ0) is 34.3. The summed E-state index contributed by atoms with van der Waals surface area (Å²) < 4.78 is 5.28. The topological polar surface area (TPSA) is 186 Å². The van der Waals surface area contributed by atoms with E-state index in [4.69, 9.17) is 4.74 Å². The van der Waals surface area contributed by atoms with Gasteiger partial charge in [-0.15, -0.1) is 0 Å². The third-order valence-electron chi connectivity index (χ3n) is 8.55. The standard InChI is InChI=1S/C33H47N5O9/c1-24(25-5-6-27-21-28(47-2)8-7-26(27)20-25)32(44)34-9-3-4-29(33(45)46)38-16-14-35(18-19-39)10-11-36(22-30(40)41)12-13-37(15-17-38)23-31(42)43/h5-8,19-21,24,29H,3-4,9-18,22-23H2,1-2H3,(H,34,44)(H,40,41)(H,42,43)(H,45,46)/p-2/t24-,29?/m0/s1. The molecule has 0 radical (unpaired) electrons. The maximum Gasteiger partial charge on any atom is 0.320 e. The smallest absolute Gasteiger partial charge is 0.320 e. The lowest BCUT2D eigenvalue weighted by Crippen LogP contribution is -2.52. The van der Waals surface area contributed by atoms with Gasteiger partial charge in [0.1, 0.15) is 18.1 Å². The lowest BCUT2D eigenvalue weighted by Gasteiger charge is -2.36. The Bertz CT molecular complexity index is 1370. The molecule has 0 bridgehead atoms. The first-order valence-corrected chi connectivity index (χ1v) is 15.8. The molecule has 1 unspecified atom stereocenters. The van der Waals surface area contributed by atoms with Gasteiger partial charge in [-0.3, -0.25) is 29.2 Å². The van der Waals surface area contributed by atoms with Crippen LogP contribution in [0, 0.1) is 0 Å². The summed E-state index contributed by atoms with van der Waals surface area (Å²) in [7, 11) is 1.61. The summed E-state index contributed by atoms with van der Waals surface area (Å²) in [5, 5.41) is 37.8. The Morgan fingerprint density at radius 3 is 2.00 bits per heavy atom. The Morgan fingerprint density at radius 2 is 1.43 bits per heavy atom. The fraction of sp³-hybridized carbons (Fsp3) is 0.545. The van der Waals surface area contributed by atoms with Crippen molar-refractivity contribution in [2.24, 2.45) is 0 Å². The summed E-state index contributed by atoms with van der Waals surface area (Å²) in [5.74, 6) is -3.45. The van der Waals surface area contributed by atoms with Gasteiger partial charge in [0, 0.05) is 72.0 Å². The predicted octanol–water partition coefficient (Wildman–Crippen LogP) is -1.78. The van der Waals surface area contributed by atoms with Gasteiger partial charge in [-0.1, -0.05) is 24.3 Å². The van der Waals surface area contributed by atoms with E-state index in [1.54, 1.807) is 21.8 Å². The predicted molar refractivity (Wildman–Crippen MR) is 170 cm³/mol. The van der Waals surface area contributed by atoms with E-state index in [2.05, 4.69) is 5.32 Å². The van der Waals surface area contributed by atoms with Crippen LogP contribution in [-0.2, 0) is 24.0 Å². The number of hydrogen-bond acceptors (Lipinski definition) is 12. The van der Waals surface area contributed by atoms with Gasteiger partial charge >= 0.3 is 5.97 Å². The minimum Gasteiger partial charge on any atom is -0.549 e. The van der Waals surface area contributed by atoms with E-state index in [0.29, 0.717) is 26.1 Å². The molecule has 14 heteroatoms. The molecule has 0 aromatic heterocycles. The number of methoxy groups -OCH3 is 1. The summed E-state index contributed by atoms with van der Waals surface area (Å²) in [6.07, 6.45) is 1.37. The zero-order valence-electron chi connectivity index (χ0n) is 27.1. The Morgan fingerprint density at radius 1 is 0.872 bits per heavy atom. The highest BCUT2D eigenvalue weighted by Crippen LogP contribution is 2.25. The number of fused-ring (bicyclic) bond motifs is 1. The van der Waals surface area contributed by atoms with Crippen molar-refractivity contribution < 1.29 is 44.0 Å². The number of carbonyl (C=O) groups is 5. The second-order valence-corrected chi connectivity index (χ2v) is 11.8. The second-order valence-electron chi connectivity index (χ2n) is 11.8. The van der Waals surface area contributed by atoms with E-state index in [1.807, 2.05) is 48.2 Å². The first kappa shape index (κ1) is 37.3. The Balaban J connectivity index is 1.64. The van der Waals surface area contributed by atoms with Crippen LogP contribution in [-0.4, -0.2) is 146 Å². The molecule has 0 aliphatic carbocycles. The number of amides is 1. The summed E-state index contributed by atoms with van der Waals surface area (Å²) in [5.41, 5.74) is 0.853. The molecule has 1 saturated heterocycles. The van der Waals surface area contributed by atoms with E-state index < -0.39 is 36.4 Å². The van der Waals surface area contributed by atoms with E-state index >= 15 is 0 Å². The third kappa shape index (κ3) is 12.2. The van der Waals surface area contributed by atoms with Crippen LogP contribution in [0.25, 0.3) is 10.8 Å².